The molecular formula is C17H20O2S2. The van der Waals surface area contributed by atoms with Crippen molar-refractivity contribution in [2.75, 3.05) is 5.75 Å². The molecule has 0 fully saturated rings. The van der Waals surface area contributed by atoms with Gasteiger partial charge in [-0.1, -0.05) is 56.3 Å². The molecule has 0 spiro atoms. The Morgan fingerprint density at radius 1 is 0.905 bits per heavy atom. The van der Waals surface area contributed by atoms with Crippen molar-refractivity contribution in [3.05, 3.63) is 54.6 Å². The van der Waals surface area contributed by atoms with E-state index >= 15 is 0 Å². The van der Waals surface area contributed by atoms with Crippen LogP contribution >= 0.6 is 12.6 Å². The van der Waals surface area contributed by atoms with Gasteiger partial charge in [-0.25, -0.2) is 8.42 Å². The van der Waals surface area contributed by atoms with Gasteiger partial charge in [-0.2, -0.15) is 12.6 Å². The summed E-state index contributed by atoms with van der Waals surface area (Å²) in [4.78, 5) is 0.375. The lowest BCUT2D eigenvalue weighted by Crippen LogP contribution is -2.17. The van der Waals surface area contributed by atoms with Crippen LogP contribution in [0.4, 0.5) is 0 Å². The van der Waals surface area contributed by atoms with Crippen molar-refractivity contribution >= 4 is 22.5 Å². The summed E-state index contributed by atoms with van der Waals surface area (Å²) in [7, 11) is -3.24. The highest BCUT2D eigenvalue weighted by Crippen LogP contribution is 2.24. The topological polar surface area (TPSA) is 34.1 Å². The summed E-state index contributed by atoms with van der Waals surface area (Å²) in [5.41, 5.74) is 2.10. The third kappa shape index (κ3) is 4.61. The van der Waals surface area contributed by atoms with Crippen molar-refractivity contribution in [2.24, 2.45) is 0 Å². The number of thiol groups is 1. The molecule has 0 saturated heterocycles. The number of rotatable bonds is 5. The van der Waals surface area contributed by atoms with Crippen LogP contribution < -0.4 is 0 Å². The molecule has 0 aliphatic rings. The molecule has 0 saturated carbocycles. The Bertz CT molecular complexity index is 682. The van der Waals surface area contributed by atoms with Crippen LogP contribution in [0.3, 0.4) is 0 Å². The molecule has 0 radical (unpaired) electrons. The van der Waals surface area contributed by atoms with Crippen molar-refractivity contribution in [1.29, 1.82) is 0 Å². The van der Waals surface area contributed by atoms with Crippen LogP contribution in [-0.2, 0) is 9.84 Å². The molecule has 2 aromatic rings. The number of benzene rings is 2. The molecule has 0 atom stereocenters. The molecule has 0 aromatic heterocycles. The maximum atomic E-state index is 12.3. The summed E-state index contributed by atoms with van der Waals surface area (Å²) in [6.45, 7) is 3.84. The molecule has 4 heteroatoms. The Morgan fingerprint density at radius 2 is 1.43 bits per heavy atom. The summed E-state index contributed by atoms with van der Waals surface area (Å²) in [6, 6.07) is 17.0. The Labute approximate surface area is 132 Å². The highest BCUT2D eigenvalue weighted by Gasteiger charge is 2.19. The highest BCUT2D eigenvalue weighted by atomic mass is 32.2. The molecule has 0 amide bonds. The molecule has 2 nitrogen and oxygen atoms in total. The maximum absolute atomic E-state index is 12.3. The van der Waals surface area contributed by atoms with Crippen molar-refractivity contribution in [3.8, 4) is 11.1 Å². The van der Waals surface area contributed by atoms with E-state index in [1.807, 2.05) is 56.3 Å². The normalized spacial score (nSPS) is 12.3. The Kier molecular flexibility index (Phi) is 4.79. The van der Waals surface area contributed by atoms with Crippen LogP contribution in [0.2, 0.25) is 0 Å². The van der Waals surface area contributed by atoms with Crippen molar-refractivity contribution in [2.45, 2.75) is 29.9 Å². The molecule has 2 aromatic carbocycles. The summed E-state index contributed by atoms with van der Waals surface area (Å²) >= 11 is 4.38. The first-order valence-corrected chi connectivity index (χ1v) is 8.98. The van der Waals surface area contributed by atoms with Crippen LogP contribution in [-0.4, -0.2) is 18.9 Å². The first-order valence-electron chi connectivity index (χ1n) is 6.89. The van der Waals surface area contributed by atoms with Crippen LogP contribution in [0.1, 0.15) is 20.3 Å². The zero-order valence-corrected chi connectivity index (χ0v) is 14.0. The molecule has 112 valence electrons. The van der Waals surface area contributed by atoms with Crippen molar-refractivity contribution < 1.29 is 8.42 Å². The lowest BCUT2D eigenvalue weighted by Gasteiger charge is -2.16. The average Bonchev–Trinajstić information content (AvgIpc) is 2.46. The minimum Gasteiger partial charge on any atom is -0.224 e. The molecule has 0 heterocycles. The molecule has 0 unspecified atom stereocenters. The molecule has 0 N–H and O–H groups in total. The Balaban J connectivity index is 2.19. The van der Waals surface area contributed by atoms with Gasteiger partial charge in [0.05, 0.1) is 10.6 Å². The Hall–Kier alpha value is -1.26. The van der Waals surface area contributed by atoms with Crippen molar-refractivity contribution in [3.63, 3.8) is 0 Å². The fraction of sp³-hybridized carbons (Fsp3) is 0.294. The van der Waals surface area contributed by atoms with Gasteiger partial charge in [0.15, 0.2) is 9.84 Å². The fourth-order valence-corrected chi connectivity index (χ4v) is 3.82. The second-order valence-electron chi connectivity index (χ2n) is 5.77. The molecule has 0 aliphatic carbocycles. The van der Waals surface area contributed by atoms with Gasteiger partial charge in [-0.05, 0) is 29.7 Å². The van der Waals surface area contributed by atoms with Crippen LogP contribution in [0.5, 0.6) is 0 Å². The minimum absolute atomic E-state index is 0.119. The minimum atomic E-state index is -3.24. The van der Waals surface area contributed by atoms with Gasteiger partial charge < -0.3 is 0 Å². The van der Waals surface area contributed by atoms with E-state index in [0.717, 1.165) is 11.1 Å². The molecule has 2 rings (SSSR count). The molecular weight excluding hydrogens is 300 g/mol. The monoisotopic (exact) mass is 320 g/mol. The van der Waals surface area contributed by atoms with E-state index in [2.05, 4.69) is 12.6 Å². The Morgan fingerprint density at radius 3 is 1.95 bits per heavy atom. The van der Waals surface area contributed by atoms with Gasteiger partial charge in [0.25, 0.3) is 0 Å². The summed E-state index contributed by atoms with van der Waals surface area (Å²) in [6.07, 6.45) is 0.527. The maximum Gasteiger partial charge on any atom is 0.178 e. The van der Waals surface area contributed by atoms with Gasteiger partial charge in [-0.3, -0.25) is 0 Å². The first-order chi connectivity index (χ1) is 9.78. The third-order valence-corrected chi connectivity index (χ3v) is 5.26. The molecule has 0 bridgehead atoms. The first kappa shape index (κ1) is 16.1. The van der Waals surface area contributed by atoms with E-state index in [-0.39, 0.29) is 10.5 Å². The van der Waals surface area contributed by atoms with Crippen molar-refractivity contribution in [1.82, 2.24) is 0 Å². The zero-order chi connectivity index (χ0) is 15.5. The quantitative estimate of drug-likeness (QED) is 0.837. The number of hydrogen-bond donors (Lipinski definition) is 1. The van der Waals surface area contributed by atoms with Gasteiger partial charge in [0, 0.05) is 4.75 Å². The number of sulfone groups is 1. The lowest BCUT2D eigenvalue weighted by atomic mass is 10.1. The summed E-state index contributed by atoms with van der Waals surface area (Å²) < 4.78 is 24.3. The highest BCUT2D eigenvalue weighted by molar-refractivity contribution is 7.91. The predicted molar refractivity (Wildman–Crippen MR) is 91.6 cm³/mol. The summed E-state index contributed by atoms with van der Waals surface area (Å²) in [5.74, 6) is 0.119. The van der Waals surface area contributed by atoms with Gasteiger partial charge >= 0.3 is 0 Å². The van der Waals surface area contributed by atoms with E-state index in [0.29, 0.717) is 11.3 Å². The smallest absolute Gasteiger partial charge is 0.178 e. The fourth-order valence-electron chi connectivity index (χ4n) is 1.99. The number of hydrogen-bond acceptors (Lipinski definition) is 3. The average molecular weight is 320 g/mol. The second-order valence-corrected chi connectivity index (χ2v) is 9.09. The van der Waals surface area contributed by atoms with Crippen LogP contribution in [0.25, 0.3) is 11.1 Å². The molecule has 0 aliphatic heterocycles. The zero-order valence-electron chi connectivity index (χ0n) is 12.3. The van der Waals surface area contributed by atoms with Gasteiger partial charge in [0.2, 0.25) is 0 Å². The largest absolute Gasteiger partial charge is 0.224 e. The van der Waals surface area contributed by atoms with E-state index < -0.39 is 9.84 Å². The van der Waals surface area contributed by atoms with Gasteiger partial charge in [-0.15, -0.1) is 0 Å². The van der Waals surface area contributed by atoms with E-state index in [4.69, 9.17) is 0 Å². The van der Waals surface area contributed by atoms with E-state index in [1.54, 1.807) is 12.1 Å². The predicted octanol–water partition coefficient (Wildman–Crippen LogP) is 4.23. The SMILES string of the molecule is CC(C)(S)CCS(=O)(=O)c1ccc(-c2ccccc2)cc1. The lowest BCUT2D eigenvalue weighted by molar-refractivity contribution is 0.585. The summed E-state index contributed by atoms with van der Waals surface area (Å²) in [5, 5.41) is 0. The van der Waals surface area contributed by atoms with E-state index in [9.17, 15) is 8.42 Å². The van der Waals surface area contributed by atoms with E-state index in [1.165, 1.54) is 0 Å². The molecule has 21 heavy (non-hydrogen) atoms. The third-order valence-electron chi connectivity index (χ3n) is 3.30. The second kappa shape index (κ2) is 6.24. The van der Waals surface area contributed by atoms with Gasteiger partial charge in [0.1, 0.15) is 0 Å². The van der Waals surface area contributed by atoms with Crippen LogP contribution in [0.15, 0.2) is 59.5 Å². The van der Waals surface area contributed by atoms with Crippen LogP contribution in [0, 0.1) is 0 Å². The standard InChI is InChI=1S/C17H20O2S2/c1-17(2,20)12-13-21(18,19)16-10-8-15(9-11-16)14-6-4-3-5-7-14/h3-11,20H,12-13H2,1-2H3.